The smallest absolute Gasteiger partial charge is 0.223 e. The van der Waals surface area contributed by atoms with Gasteiger partial charge in [0.15, 0.2) is 0 Å². The highest BCUT2D eigenvalue weighted by atomic mass is 32.2. The van der Waals surface area contributed by atoms with Crippen LogP contribution in [0.3, 0.4) is 0 Å². The highest BCUT2D eigenvalue weighted by Crippen LogP contribution is 2.30. The SMILES string of the molecule is COc1ccc(OC)c(CN(C(=O)CCSC)C2CCCC2)c1. The highest BCUT2D eigenvalue weighted by molar-refractivity contribution is 7.98. The molecule has 1 amide bonds. The summed E-state index contributed by atoms with van der Waals surface area (Å²) >= 11 is 1.72. The zero-order chi connectivity index (χ0) is 16.7. The molecule has 5 heteroatoms. The second kappa shape index (κ2) is 9.06. The minimum atomic E-state index is 0.246. The minimum absolute atomic E-state index is 0.246. The third kappa shape index (κ3) is 4.80. The zero-order valence-corrected chi connectivity index (χ0v) is 15.2. The Morgan fingerprint density at radius 3 is 2.61 bits per heavy atom. The number of carbonyl (C=O) groups is 1. The Morgan fingerprint density at radius 2 is 2.00 bits per heavy atom. The summed E-state index contributed by atoms with van der Waals surface area (Å²) in [6.45, 7) is 0.595. The monoisotopic (exact) mass is 337 g/mol. The fourth-order valence-electron chi connectivity index (χ4n) is 3.16. The van der Waals surface area contributed by atoms with Crippen molar-refractivity contribution in [3.05, 3.63) is 23.8 Å². The molecule has 0 aromatic heterocycles. The number of ether oxygens (including phenoxy) is 2. The number of amides is 1. The first kappa shape index (κ1) is 18.0. The van der Waals surface area contributed by atoms with Crippen LogP contribution in [0.25, 0.3) is 0 Å². The first-order chi connectivity index (χ1) is 11.2. The third-order valence-electron chi connectivity index (χ3n) is 4.43. The van der Waals surface area contributed by atoms with Crippen molar-refractivity contribution in [1.29, 1.82) is 0 Å². The quantitative estimate of drug-likeness (QED) is 0.724. The Hall–Kier alpha value is -1.36. The van der Waals surface area contributed by atoms with Gasteiger partial charge in [0.1, 0.15) is 11.5 Å². The summed E-state index contributed by atoms with van der Waals surface area (Å²) in [7, 11) is 3.32. The molecule has 1 aliphatic carbocycles. The van der Waals surface area contributed by atoms with E-state index in [2.05, 4.69) is 4.90 Å². The third-order valence-corrected chi connectivity index (χ3v) is 5.05. The fraction of sp³-hybridized carbons (Fsp3) is 0.611. The summed E-state index contributed by atoms with van der Waals surface area (Å²) in [5.41, 5.74) is 1.01. The molecule has 2 rings (SSSR count). The molecule has 0 N–H and O–H groups in total. The molecule has 0 saturated heterocycles. The van der Waals surface area contributed by atoms with Crippen LogP contribution in [-0.2, 0) is 11.3 Å². The number of nitrogens with zero attached hydrogens (tertiary/aromatic N) is 1. The number of thioether (sulfide) groups is 1. The molecular formula is C18H27NO3S. The van der Waals surface area contributed by atoms with Gasteiger partial charge in [-0.1, -0.05) is 12.8 Å². The molecule has 0 unspecified atom stereocenters. The number of hydrogen-bond donors (Lipinski definition) is 0. The summed E-state index contributed by atoms with van der Waals surface area (Å²) in [6.07, 6.45) is 7.29. The summed E-state index contributed by atoms with van der Waals surface area (Å²) < 4.78 is 10.8. The van der Waals surface area contributed by atoms with Gasteiger partial charge in [-0.05, 0) is 37.3 Å². The van der Waals surface area contributed by atoms with E-state index >= 15 is 0 Å². The van der Waals surface area contributed by atoms with Crippen molar-refractivity contribution >= 4 is 17.7 Å². The van der Waals surface area contributed by atoms with Crippen LogP contribution in [0.4, 0.5) is 0 Å². The number of carbonyl (C=O) groups excluding carboxylic acids is 1. The molecule has 23 heavy (non-hydrogen) atoms. The van der Waals surface area contributed by atoms with Crippen LogP contribution in [0.15, 0.2) is 18.2 Å². The molecule has 128 valence electrons. The largest absolute Gasteiger partial charge is 0.497 e. The summed E-state index contributed by atoms with van der Waals surface area (Å²) in [6, 6.07) is 6.13. The van der Waals surface area contributed by atoms with Gasteiger partial charge in [0.05, 0.1) is 14.2 Å². The molecule has 0 atom stereocenters. The molecular weight excluding hydrogens is 310 g/mol. The Kier molecular flexibility index (Phi) is 7.09. The van der Waals surface area contributed by atoms with Crippen LogP contribution in [-0.4, -0.2) is 43.1 Å². The molecule has 1 aromatic rings. The lowest BCUT2D eigenvalue weighted by Gasteiger charge is -2.30. The van der Waals surface area contributed by atoms with Crippen molar-refractivity contribution in [3.63, 3.8) is 0 Å². The summed E-state index contributed by atoms with van der Waals surface area (Å²) in [5, 5.41) is 0. The Balaban J connectivity index is 2.20. The van der Waals surface area contributed by atoms with Crippen LogP contribution in [0.2, 0.25) is 0 Å². The second-order valence-electron chi connectivity index (χ2n) is 5.88. The van der Waals surface area contributed by atoms with E-state index in [1.807, 2.05) is 24.5 Å². The van der Waals surface area contributed by atoms with Gasteiger partial charge in [-0.15, -0.1) is 0 Å². The Bertz CT molecular complexity index is 515. The molecule has 1 fully saturated rings. The van der Waals surface area contributed by atoms with Gasteiger partial charge in [-0.25, -0.2) is 0 Å². The van der Waals surface area contributed by atoms with Gasteiger partial charge in [0.25, 0.3) is 0 Å². The molecule has 0 aliphatic heterocycles. The first-order valence-electron chi connectivity index (χ1n) is 8.19. The lowest BCUT2D eigenvalue weighted by Crippen LogP contribution is -2.38. The standard InChI is InChI=1S/C18H27NO3S/c1-21-16-8-9-17(22-2)14(12-16)13-19(15-6-4-5-7-15)18(20)10-11-23-3/h8-9,12,15H,4-7,10-11,13H2,1-3H3. The molecule has 0 spiro atoms. The summed E-state index contributed by atoms with van der Waals surface area (Å²) in [4.78, 5) is 14.7. The van der Waals surface area contributed by atoms with Gasteiger partial charge in [0, 0.05) is 30.3 Å². The van der Waals surface area contributed by atoms with E-state index in [0.29, 0.717) is 19.0 Å². The van der Waals surface area contributed by atoms with Gasteiger partial charge in [-0.3, -0.25) is 4.79 Å². The van der Waals surface area contributed by atoms with Gasteiger partial charge in [-0.2, -0.15) is 11.8 Å². The first-order valence-corrected chi connectivity index (χ1v) is 9.58. The van der Waals surface area contributed by atoms with Crippen molar-refractivity contribution in [1.82, 2.24) is 4.90 Å². The maximum absolute atomic E-state index is 12.7. The number of hydrogen-bond acceptors (Lipinski definition) is 4. The van der Waals surface area contributed by atoms with E-state index in [0.717, 1.165) is 35.7 Å². The lowest BCUT2D eigenvalue weighted by atomic mass is 10.1. The maximum atomic E-state index is 12.7. The van der Waals surface area contributed by atoms with Crippen LogP contribution < -0.4 is 9.47 Å². The predicted octanol–water partition coefficient (Wildman–Crippen LogP) is 3.73. The van der Waals surface area contributed by atoms with Crippen molar-refractivity contribution in [2.45, 2.75) is 44.7 Å². The van der Waals surface area contributed by atoms with Gasteiger partial charge < -0.3 is 14.4 Å². The van der Waals surface area contributed by atoms with E-state index in [-0.39, 0.29) is 5.91 Å². The van der Waals surface area contributed by atoms with E-state index in [1.165, 1.54) is 12.8 Å². The molecule has 1 aliphatic rings. The average molecular weight is 337 g/mol. The average Bonchev–Trinajstić information content (AvgIpc) is 3.11. The molecule has 1 saturated carbocycles. The number of methoxy groups -OCH3 is 2. The minimum Gasteiger partial charge on any atom is -0.497 e. The van der Waals surface area contributed by atoms with Crippen molar-refractivity contribution in [2.75, 3.05) is 26.2 Å². The van der Waals surface area contributed by atoms with Crippen molar-refractivity contribution < 1.29 is 14.3 Å². The van der Waals surface area contributed by atoms with Crippen molar-refractivity contribution in [2.24, 2.45) is 0 Å². The number of benzene rings is 1. The zero-order valence-electron chi connectivity index (χ0n) is 14.3. The molecule has 1 aromatic carbocycles. The topological polar surface area (TPSA) is 38.8 Å². The molecule has 4 nitrogen and oxygen atoms in total. The Morgan fingerprint density at radius 1 is 1.26 bits per heavy atom. The molecule has 0 bridgehead atoms. The molecule has 0 heterocycles. The van der Waals surface area contributed by atoms with Crippen LogP contribution in [0, 0.1) is 0 Å². The second-order valence-corrected chi connectivity index (χ2v) is 6.87. The van der Waals surface area contributed by atoms with E-state index < -0.39 is 0 Å². The van der Waals surface area contributed by atoms with E-state index in [1.54, 1.807) is 26.0 Å². The lowest BCUT2D eigenvalue weighted by molar-refractivity contribution is -0.133. The van der Waals surface area contributed by atoms with Crippen molar-refractivity contribution in [3.8, 4) is 11.5 Å². The van der Waals surface area contributed by atoms with E-state index in [9.17, 15) is 4.79 Å². The normalized spacial score (nSPS) is 14.7. The van der Waals surface area contributed by atoms with Crippen LogP contribution >= 0.6 is 11.8 Å². The van der Waals surface area contributed by atoms with Crippen LogP contribution in [0.5, 0.6) is 11.5 Å². The van der Waals surface area contributed by atoms with Gasteiger partial charge in [0.2, 0.25) is 5.91 Å². The van der Waals surface area contributed by atoms with Gasteiger partial charge >= 0.3 is 0 Å². The van der Waals surface area contributed by atoms with Crippen LogP contribution in [0.1, 0.15) is 37.7 Å². The number of rotatable bonds is 8. The maximum Gasteiger partial charge on any atom is 0.223 e. The Labute approximate surface area is 143 Å². The summed E-state index contributed by atoms with van der Waals surface area (Å²) in [5.74, 6) is 2.73. The molecule has 0 radical (unpaired) electrons. The predicted molar refractivity (Wildman–Crippen MR) is 95.4 cm³/mol. The highest BCUT2D eigenvalue weighted by Gasteiger charge is 2.27. The fourth-order valence-corrected chi connectivity index (χ4v) is 3.54. The van der Waals surface area contributed by atoms with E-state index in [4.69, 9.17) is 9.47 Å².